The van der Waals surface area contributed by atoms with Crippen molar-refractivity contribution in [3.8, 4) is 0 Å². The number of nitrogens with one attached hydrogen (secondary N) is 1. The topological polar surface area (TPSA) is 58.9 Å². The van der Waals surface area contributed by atoms with Crippen LogP contribution in [0.15, 0.2) is 24.4 Å². The van der Waals surface area contributed by atoms with Crippen LogP contribution in [0.25, 0.3) is 5.65 Å². The standard InChI is InChI=1S/C17H24N4O2/c1-13(12-20-7-9-23-10-8-20)18-17(22)11-15-14(2)19-16-5-3-4-6-21(15)16/h3-6,13H,7-12H2,1-2H3,(H,18,22). The maximum absolute atomic E-state index is 12.4. The van der Waals surface area contributed by atoms with Crippen molar-refractivity contribution in [1.82, 2.24) is 19.6 Å². The predicted molar refractivity (Wildman–Crippen MR) is 88.5 cm³/mol. The minimum absolute atomic E-state index is 0.0412. The number of pyridine rings is 1. The zero-order valence-electron chi connectivity index (χ0n) is 13.8. The Labute approximate surface area is 136 Å². The van der Waals surface area contributed by atoms with Gasteiger partial charge in [-0.25, -0.2) is 4.98 Å². The van der Waals surface area contributed by atoms with Gasteiger partial charge in [0, 0.05) is 31.9 Å². The Morgan fingerprint density at radius 1 is 1.39 bits per heavy atom. The summed E-state index contributed by atoms with van der Waals surface area (Å²) in [4.78, 5) is 19.2. The van der Waals surface area contributed by atoms with Gasteiger partial charge >= 0.3 is 0 Å². The molecule has 0 aromatic carbocycles. The molecule has 1 atom stereocenters. The molecule has 1 aliphatic rings. The van der Waals surface area contributed by atoms with Crippen molar-refractivity contribution >= 4 is 11.6 Å². The maximum Gasteiger partial charge on any atom is 0.226 e. The average Bonchev–Trinajstić information content (AvgIpc) is 2.84. The number of carbonyl (C=O) groups is 1. The van der Waals surface area contributed by atoms with Gasteiger partial charge in [0.05, 0.1) is 31.0 Å². The Balaban J connectivity index is 1.58. The summed E-state index contributed by atoms with van der Waals surface area (Å²) in [5.41, 5.74) is 2.75. The third-order valence-electron chi connectivity index (χ3n) is 4.20. The average molecular weight is 316 g/mol. The van der Waals surface area contributed by atoms with Crippen LogP contribution in [0.5, 0.6) is 0 Å². The quantitative estimate of drug-likeness (QED) is 0.895. The molecule has 1 fully saturated rings. The van der Waals surface area contributed by atoms with E-state index in [-0.39, 0.29) is 11.9 Å². The van der Waals surface area contributed by atoms with E-state index >= 15 is 0 Å². The zero-order valence-corrected chi connectivity index (χ0v) is 13.8. The molecule has 6 nitrogen and oxygen atoms in total. The summed E-state index contributed by atoms with van der Waals surface area (Å²) in [5.74, 6) is 0.0412. The SMILES string of the molecule is Cc1nc2ccccn2c1CC(=O)NC(C)CN1CCOCC1. The van der Waals surface area contributed by atoms with Crippen LogP contribution in [0.1, 0.15) is 18.3 Å². The summed E-state index contributed by atoms with van der Waals surface area (Å²) in [6.45, 7) is 8.30. The Hall–Kier alpha value is -1.92. The van der Waals surface area contributed by atoms with E-state index in [1.165, 1.54) is 0 Å². The van der Waals surface area contributed by atoms with E-state index in [1.54, 1.807) is 0 Å². The number of rotatable bonds is 5. The largest absolute Gasteiger partial charge is 0.379 e. The molecule has 0 aliphatic carbocycles. The number of aryl methyl sites for hydroxylation is 1. The van der Waals surface area contributed by atoms with Crippen molar-refractivity contribution < 1.29 is 9.53 Å². The fourth-order valence-electron chi connectivity index (χ4n) is 3.07. The van der Waals surface area contributed by atoms with E-state index in [4.69, 9.17) is 4.74 Å². The van der Waals surface area contributed by atoms with E-state index in [0.29, 0.717) is 6.42 Å². The second-order valence-corrected chi connectivity index (χ2v) is 6.13. The zero-order chi connectivity index (χ0) is 16.2. The molecule has 23 heavy (non-hydrogen) atoms. The minimum Gasteiger partial charge on any atom is -0.379 e. The summed E-state index contributed by atoms with van der Waals surface area (Å²) in [6.07, 6.45) is 2.31. The smallest absolute Gasteiger partial charge is 0.226 e. The predicted octanol–water partition coefficient (Wildman–Crippen LogP) is 1.02. The molecule has 0 radical (unpaired) electrons. The van der Waals surface area contributed by atoms with Gasteiger partial charge in [-0.1, -0.05) is 6.07 Å². The second-order valence-electron chi connectivity index (χ2n) is 6.13. The van der Waals surface area contributed by atoms with Crippen molar-refractivity contribution in [1.29, 1.82) is 0 Å². The van der Waals surface area contributed by atoms with Crippen molar-refractivity contribution in [2.45, 2.75) is 26.3 Å². The highest BCUT2D eigenvalue weighted by Gasteiger charge is 2.17. The fourth-order valence-corrected chi connectivity index (χ4v) is 3.07. The Kier molecular flexibility index (Phi) is 4.93. The minimum atomic E-state index is 0.0412. The van der Waals surface area contributed by atoms with Gasteiger partial charge in [-0.2, -0.15) is 0 Å². The first-order valence-electron chi connectivity index (χ1n) is 8.15. The van der Waals surface area contributed by atoms with Crippen molar-refractivity contribution in [2.24, 2.45) is 0 Å². The molecule has 1 N–H and O–H groups in total. The molecule has 0 spiro atoms. The molecule has 3 heterocycles. The molecule has 6 heteroatoms. The van der Waals surface area contributed by atoms with Gasteiger partial charge in [0.15, 0.2) is 0 Å². The van der Waals surface area contributed by atoms with Gasteiger partial charge in [0.25, 0.3) is 0 Å². The lowest BCUT2D eigenvalue weighted by molar-refractivity contribution is -0.121. The number of amides is 1. The van der Waals surface area contributed by atoms with Gasteiger partial charge in [0.2, 0.25) is 5.91 Å². The molecule has 124 valence electrons. The lowest BCUT2D eigenvalue weighted by atomic mass is 10.2. The maximum atomic E-state index is 12.4. The first-order chi connectivity index (χ1) is 11.1. The number of morpholine rings is 1. The number of nitrogens with zero attached hydrogens (tertiary/aromatic N) is 3. The molecular formula is C17H24N4O2. The highest BCUT2D eigenvalue weighted by atomic mass is 16.5. The van der Waals surface area contributed by atoms with Crippen molar-refractivity contribution in [3.05, 3.63) is 35.8 Å². The third kappa shape index (κ3) is 3.89. The van der Waals surface area contributed by atoms with E-state index in [1.807, 2.05) is 35.7 Å². The fraction of sp³-hybridized carbons (Fsp3) is 0.529. The van der Waals surface area contributed by atoms with Gasteiger partial charge < -0.3 is 14.5 Å². The van der Waals surface area contributed by atoms with Crippen LogP contribution in [0, 0.1) is 6.92 Å². The number of carbonyl (C=O) groups excluding carboxylic acids is 1. The molecular weight excluding hydrogens is 292 g/mol. The van der Waals surface area contributed by atoms with E-state index in [9.17, 15) is 4.79 Å². The molecule has 1 aliphatic heterocycles. The van der Waals surface area contributed by atoms with Crippen LogP contribution < -0.4 is 5.32 Å². The summed E-state index contributed by atoms with van der Waals surface area (Å²) >= 11 is 0. The normalized spacial score (nSPS) is 17.3. The van der Waals surface area contributed by atoms with Crippen LogP contribution >= 0.6 is 0 Å². The van der Waals surface area contributed by atoms with Crippen LogP contribution in [0.2, 0.25) is 0 Å². The number of ether oxygens (including phenoxy) is 1. The molecule has 2 aromatic rings. The van der Waals surface area contributed by atoms with Gasteiger partial charge in [-0.3, -0.25) is 9.69 Å². The first kappa shape index (κ1) is 16.0. The first-order valence-corrected chi connectivity index (χ1v) is 8.15. The molecule has 3 rings (SSSR count). The van der Waals surface area contributed by atoms with Crippen LogP contribution in [0.4, 0.5) is 0 Å². The van der Waals surface area contributed by atoms with Gasteiger partial charge in [-0.05, 0) is 26.0 Å². The molecule has 1 unspecified atom stereocenters. The summed E-state index contributed by atoms with van der Waals surface area (Å²) < 4.78 is 7.34. The van der Waals surface area contributed by atoms with Crippen LogP contribution in [0.3, 0.4) is 0 Å². The van der Waals surface area contributed by atoms with Gasteiger partial charge in [-0.15, -0.1) is 0 Å². The molecule has 1 amide bonds. The molecule has 0 saturated carbocycles. The second kappa shape index (κ2) is 7.10. The van der Waals surface area contributed by atoms with E-state index in [0.717, 1.165) is 49.9 Å². The Bertz CT molecular complexity index is 676. The monoisotopic (exact) mass is 316 g/mol. The van der Waals surface area contributed by atoms with Crippen LogP contribution in [-0.2, 0) is 16.0 Å². The van der Waals surface area contributed by atoms with Gasteiger partial charge in [0.1, 0.15) is 5.65 Å². The summed E-state index contributed by atoms with van der Waals surface area (Å²) in [7, 11) is 0. The number of hydrogen-bond donors (Lipinski definition) is 1. The third-order valence-corrected chi connectivity index (χ3v) is 4.20. The number of imidazole rings is 1. The van der Waals surface area contributed by atoms with Crippen molar-refractivity contribution in [2.75, 3.05) is 32.8 Å². The molecule has 2 aromatic heterocycles. The van der Waals surface area contributed by atoms with Crippen molar-refractivity contribution in [3.63, 3.8) is 0 Å². The molecule has 0 bridgehead atoms. The number of hydrogen-bond acceptors (Lipinski definition) is 4. The number of aromatic nitrogens is 2. The van der Waals surface area contributed by atoms with E-state index in [2.05, 4.69) is 22.1 Å². The highest BCUT2D eigenvalue weighted by Crippen LogP contribution is 2.12. The number of fused-ring (bicyclic) bond motifs is 1. The van der Waals surface area contributed by atoms with Crippen LogP contribution in [-0.4, -0.2) is 59.1 Å². The Morgan fingerprint density at radius 2 is 2.17 bits per heavy atom. The molecule has 1 saturated heterocycles. The lowest BCUT2D eigenvalue weighted by Gasteiger charge is -2.29. The summed E-state index contributed by atoms with van der Waals surface area (Å²) in [6, 6.07) is 5.99. The highest BCUT2D eigenvalue weighted by molar-refractivity contribution is 5.79. The summed E-state index contributed by atoms with van der Waals surface area (Å²) in [5, 5.41) is 3.09. The Morgan fingerprint density at radius 3 is 2.96 bits per heavy atom. The van der Waals surface area contributed by atoms with E-state index < -0.39 is 0 Å². The lowest BCUT2D eigenvalue weighted by Crippen LogP contribution is -2.46.